The van der Waals surface area contributed by atoms with Crippen molar-refractivity contribution in [1.82, 2.24) is 9.55 Å². The van der Waals surface area contributed by atoms with Crippen LogP contribution < -0.4 is 0 Å². The summed E-state index contributed by atoms with van der Waals surface area (Å²) in [6.07, 6.45) is 1.89. The summed E-state index contributed by atoms with van der Waals surface area (Å²) >= 11 is 3.67. The second-order valence-corrected chi connectivity index (χ2v) is 7.61. The number of nitrogens with zero attached hydrogens (tertiary/aromatic N) is 2. The Kier molecular flexibility index (Phi) is 3.83. The highest BCUT2D eigenvalue weighted by Gasteiger charge is 2.13. The molecular formula is C24H17BrN2. The summed E-state index contributed by atoms with van der Waals surface area (Å²) in [5, 5.41) is 2.50. The van der Waals surface area contributed by atoms with Crippen molar-refractivity contribution in [1.29, 1.82) is 0 Å². The SMILES string of the molecule is Cc1ccc2c3ccccc3n(-c3cc(-c4ccccc4Br)ccn3)c2c1. The monoisotopic (exact) mass is 412 g/mol. The Bertz CT molecular complexity index is 1300. The lowest BCUT2D eigenvalue weighted by Gasteiger charge is -2.10. The molecule has 0 N–H and O–H groups in total. The Morgan fingerprint density at radius 1 is 0.778 bits per heavy atom. The molecule has 2 aromatic heterocycles. The van der Waals surface area contributed by atoms with Gasteiger partial charge in [0, 0.05) is 21.4 Å². The molecule has 2 nitrogen and oxygen atoms in total. The highest BCUT2D eigenvalue weighted by atomic mass is 79.9. The van der Waals surface area contributed by atoms with Crippen molar-refractivity contribution < 1.29 is 0 Å². The van der Waals surface area contributed by atoms with Crippen LogP contribution in [0, 0.1) is 6.92 Å². The minimum atomic E-state index is 0.931. The summed E-state index contributed by atoms with van der Waals surface area (Å²) in [5.41, 5.74) is 5.92. The molecule has 0 spiro atoms. The Hall–Kier alpha value is -2.91. The van der Waals surface area contributed by atoms with E-state index in [4.69, 9.17) is 4.98 Å². The molecule has 0 aliphatic heterocycles. The fourth-order valence-electron chi connectivity index (χ4n) is 3.73. The molecule has 0 saturated carbocycles. The van der Waals surface area contributed by atoms with Gasteiger partial charge in [-0.15, -0.1) is 0 Å². The molecule has 0 unspecified atom stereocenters. The van der Waals surface area contributed by atoms with Gasteiger partial charge >= 0.3 is 0 Å². The van der Waals surface area contributed by atoms with Gasteiger partial charge in [0.1, 0.15) is 5.82 Å². The highest BCUT2D eigenvalue weighted by molar-refractivity contribution is 9.10. The third-order valence-electron chi connectivity index (χ3n) is 4.99. The van der Waals surface area contributed by atoms with Crippen LogP contribution in [0.2, 0.25) is 0 Å². The molecule has 27 heavy (non-hydrogen) atoms. The minimum Gasteiger partial charge on any atom is -0.294 e. The van der Waals surface area contributed by atoms with Gasteiger partial charge in [0.25, 0.3) is 0 Å². The van der Waals surface area contributed by atoms with Crippen molar-refractivity contribution in [2.45, 2.75) is 6.92 Å². The van der Waals surface area contributed by atoms with Crippen LogP contribution in [0.4, 0.5) is 0 Å². The standard InChI is InChI=1S/C24H17BrN2/c1-16-10-11-20-19-7-3-5-9-22(19)27(23(20)14-16)24-15-17(12-13-26-24)18-6-2-4-8-21(18)25/h2-15H,1H3. The van der Waals surface area contributed by atoms with E-state index in [1.54, 1.807) is 0 Å². The molecular weight excluding hydrogens is 396 g/mol. The van der Waals surface area contributed by atoms with Crippen molar-refractivity contribution >= 4 is 37.7 Å². The molecule has 5 rings (SSSR count). The number of benzene rings is 3. The fraction of sp³-hybridized carbons (Fsp3) is 0.0417. The van der Waals surface area contributed by atoms with E-state index in [-0.39, 0.29) is 0 Å². The number of rotatable bonds is 2. The Labute approximate surface area is 166 Å². The van der Waals surface area contributed by atoms with Crippen LogP contribution in [0.5, 0.6) is 0 Å². The van der Waals surface area contributed by atoms with Gasteiger partial charge in [0.05, 0.1) is 11.0 Å². The summed E-state index contributed by atoms with van der Waals surface area (Å²) < 4.78 is 3.35. The van der Waals surface area contributed by atoms with Crippen molar-refractivity contribution in [3.63, 3.8) is 0 Å². The van der Waals surface area contributed by atoms with E-state index in [1.807, 2.05) is 12.3 Å². The zero-order valence-corrected chi connectivity index (χ0v) is 16.4. The molecule has 0 fully saturated rings. The third-order valence-corrected chi connectivity index (χ3v) is 5.68. The third kappa shape index (κ3) is 2.66. The molecule has 0 radical (unpaired) electrons. The Morgan fingerprint density at radius 3 is 2.44 bits per heavy atom. The smallest absolute Gasteiger partial charge is 0.138 e. The van der Waals surface area contributed by atoms with Gasteiger partial charge < -0.3 is 0 Å². The van der Waals surface area contributed by atoms with Crippen LogP contribution in [-0.4, -0.2) is 9.55 Å². The first-order chi connectivity index (χ1) is 13.2. The van der Waals surface area contributed by atoms with E-state index in [2.05, 4.69) is 100 Å². The van der Waals surface area contributed by atoms with Gasteiger partial charge in [-0.1, -0.05) is 64.5 Å². The normalized spacial score (nSPS) is 11.3. The lowest BCUT2D eigenvalue weighted by Crippen LogP contribution is -1.97. The number of para-hydroxylation sites is 1. The molecule has 130 valence electrons. The number of pyridine rings is 1. The summed E-state index contributed by atoms with van der Waals surface area (Å²) in [5.74, 6) is 0.931. The van der Waals surface area contributed by atoms with Gasteiger partial charge in [-0.05, 0) is 53.9 Å². The molecule has 5 aromatic rings. The minimum absolute atomic E-state index is 0.931. The first-order valence-corrected chi connectivity index (χ1v) is 9.73. The lowest BCUT2D eigenvalue weighted by molar-refractivity contribution is 1.08. The molecule has 0 aliphatic carbocycles. The lowest BCUT2D eigenvalue weighted by atomic mass is 10.1. The molecule has 0 bridgehead atoms. The average Bonchev–Trinajstić information content (AvgIpc) is 3.02. The summed E-state index contributed by atoms with van der Waals surface area (Å²) in [6, 6.07) is 27.6. The van der Waals surface area contributed by atoms with E-state index >= 15 is 0 Å². The van der Waals surface area contributed by atoms with Crippen molar-refractivity contribution in [3.05, 3.63) is 95.1 Å². The molecule has 3 aromatic carbocycles. The van der Waals surface area contributed by atoms with Gasteiger partial charge in [-0.25, -0.2) is 4.98 Å². The number of fused-ring (bicyclic) bond motifs is 3. The maximum atomic E-state index is 4.71. The van der Waals surface area contributed by atoms with Crippen LogP contribution >= 0.6 is 15.9 Å². The Morgan fingerprint density at radius 2 is 1.56 bits per heavy atom. The van der Waals surface area contributed by atoms with E-state index in [0.717, 1.165) is 21.4 Å². The quantitative estimate of drug-likeness (QED) is 0.307. The van der Waals surface area contributed by atoms with Gasteiger partial charge in [-0.2, -0.15) is 0 Å². The maximum absolute atomic E-state index is 4.71. The van der Waals surface area contributed by atoms with Crippen molar-refractivity contribution in [3.8, 4) is 16.9 Å². The van der Waals surface area contributed by atoms with Crippen LogP contribution in [0.1, 0.15) is 5.56 Å². The second kappa shape index (κ2) is 6.36. The average molecular weight is 413 g/mol. The number of aromatic nitrogens is 2. The summed E-state index contributed by atoms with van der Waals surface area (Å²) in [4.78, 5) is 4.71. The number of hydrogen-bond donors (Lipinski definition) is 0. The topological polar surface area (TPSA) is 17.8 Å². The molecule has 2 heterocycles. The van der Waals surface area contributed by atoms with Crippen LogP contribution in [0.25, 0.3) is 38.8 Å². The first-order valence-electron chi connectivity index (χ1n) is 8.93. The predicted molar refractivity (Wildman–Crippen MR) is 116 cm³/mol. The van der Waals surface area contributed by atoms with Crippen LogP contribution in [0.3, 0.4) is 0 Å². The maximum Gasteiger partial charge on any atom is 0.138 e. The zero-order valence-electron chi connectivity index (χ0n) is 14.9. The van der Waals surface area contributed by atoms with E-state index in [1.165, 1.54) is 27.4 Å². The number of hydrogen-bond acceptors (Lipinski definition) is 1. The number of halogens is 1. The first kappa shape index (κ1) is 16.3. The van der Waals surface area contributed by atoms with Gasteiger partial charge in [-0.3, -0.25) is 4.57 Å². The molecule has 0 amide bonds. The Balaban J connectivity index is 1.82. The fourth-order valence-corrected chi connectivity index (χ4v) is 4.24. The van der Waals surface area contributed by atoms with Crippen LogP contribution in [-0.2, 0) is 0 Å². The van der Waals surface area contributed by atoms with Gasteiger partial charge in [0.2, 0.25) is 0 Å². The molecule has 3 heteroatoms. The summed E-state index contributed by atoms with van der Waals surface area (Å²) in [7, 11) is 0. The highest BCUT2D eigenvalue weighted by Crippen LogP contribution is 2.34. The van der Waals surface area contributed by atoms with E-state index < -0.39 is 0 Å². The number of aryl methyl sites for hydroxylation is 1. The van der Waals surface area contributed by atoms with Crippen molar-refractivity contribution in [2.24, 2.45) is 0 Å². The van der Waals surface area contributed by atoms with E-state index in [9.17, 15) is 0 Å². The molecule has 0 aliphatic rings. The largest absolute Gasteiger partial charge is 0.294 e. The second-order valence-electron chi connectivity index (χ2n) is 6.76. The van der Waals surface area contributed by atoms with E-state index in [0.29, 0.717) is 0 Å². The van der Waals surface area contributed by atoms with Gasteiger partial charge in [0.15, 0.2) is 0 Å². The predicted octanol–water partition coefficient (Wildman–Crippen LogP) is 6.92. The molecule has 0 atom stereocenters. The van der Waals surface area contributed by atoms with Crippen molar-refractivity contribution in [2.75, 3.05) is 0 Å². The zero-order chi connectivity index (χ0) is 18.4. The van der Waals surface area contributed by atoms with Crippen LogP contribution in [0.15, 0.2) is 89.5 Å². The molecule has 0 saturated heterocycles. The summed E-state index contributed by atoms with van der Waals surface area (Å²) in [6.45, 7) is 2.13.